The summed E-state index contributed by atoms with van der Waals surface area (Å²) in [7, 11) is 0. The fourth-order valence-electron chi connectivity index (χ4n) is 0.790. The van der Waals surface area contributed by atoms with E-state index in [1.54, 1.807) is 23.6 Å². The molecule has 0 aliphatic carbocycles. The van der Waals surface area contributed by atoms with Crippen LogP contribution in [0.15, 0.2) is 11.6 Å². The van der Waals surface area contributed by atoms with Crippen LogP contribution in [0.25, 0.3) is 0 Å². The van der Waals surface area contributed by atoms with E-state index in [0.717, 1.165) is 17.3 Å². The molecule has 1 saturated heterocycles. The predicted octanol–water partition coefficient (Wildman–Crippen LogP) is 1.05. The molecule has 2 nitrogen and oxygen atoms in total. The van der Waals surface area contributed by atoms with Crippen molar-refractivity contribution in [1.82, 2.24) is 4.90 Å². The maximum Gasteiger partial charge on any atom is 0.224 e. The lowest BCUT2D eigenvalue weighted by Crippen LogP contribution is -2.22. The zero-order valence-electron chi connectivity index (χ0n) is 5.39. The molecule has 3 heteroatoms. The number of rotatable bonds is 0. The second-order valence-corrected chi connectivity index (χ2v) is 3.08. The molecule has 0 unspecified atom stereocenters. The highest BCUT2D eigenvalue weighted by atomic mass is 32.2. The zero-order chi connectivity index (χ0) is 6.85. The van der Waals surface area contributed by atoms with Gasteiger partial charge in [-0.2, -0.15) is 0 Å². The first-order valence-electron chi connectivity index (χ1n) is 2.81. The molecule has 1 rings (SSSR count). The summed E-state index contributed by atoms with van der Waals surface area (Å²) in [5, 5.41) is 0.891. The zero-order valence-corrected chi connectivity index (χ0v) is 6.20. The Morgan fingerprint density at radius 2 is 2.56 bits per heavy atom. The molecule has 0 bridgehead atoms. The minimum atomic E-state index is 0.102. The molecule has 0 saturated carbocycles. The summed E-state index contributed by atoms with van der Waals surface area (Å²) in [6.45, 7) is 6.12. The van der Waals surface area contributed by atoms with Gasteiger partial charge in [0.25, 0.3) is 0 Å². The van der Waals surface area contributed by atoms with Gasteiger partial charge < -0.3 is 4.90 Å². The van der Waals surface area contributed by atoms with Crippen LogP contribution in [0.3, 0.4) is 0 Å². The summed E-state index contributed by atoms with van der Waals surface area (Å²) in [4.78, 5) is 12.4. The number of hydrogen-bond donors (Lipinski definition) is 0. The van der Waals surface area contributed by atoms with Crippen LogP contribution >= 0.6 is 11.8 Å². The van der Waals surface area contributed by atoms with Crippen molar-refractivity contribution in [2.75, 3.05) is 12.3 Å². The summed E-state index contributed by atoms with van der Waals surface area (Å²) in [6.07, 6.45) is 0. The average molecular weight is 143 g/mol. The van der Waals surface area contributed by atoms with Crippen molar-refractivity contribution in [3.63, 3.8) is 0 Å². The largest absolute Gasteiger partial charge is 0.307 e. The van der Waals surface area contributed by atoms with Crippen molar-refractivity contribution in [1.29, 1.82) is 0 Å². The van der Waals surface area contributed by atoms with Crippen molar-refractivity contribution in [3.8, 4) is 0 Å². The Balaban J connectivity index is 2.60. The Kier molecular flexibility index (Phi) is 1.81. The van der Waals surface area contributed by atoms with Gasteiger partial charge in [0.05, 0.1) is 5.03 Å². The van der Waals surface area contributed by atoms with E-state index in [0.29, 0.717) is 0 Å². The summed E-state index contributed by atoms with van der Waals surface area (Å²) in [5.41, 5.74) is 0. The van der Waals surface area contributed by atoms with E-state index in [1.165, 1.54) is 0 Å². The number of hydrogen-bond acceptors (Lipinski definition) is 2. The van der Waals surface area contributed by atoms with Crippen molar-refractivity contribution in [2.45, 2.75) is 6.92 Å². The standard InChI is InChI=1S/C6H9NOS/c1-5(8)7-3-4-9-6(7)2/h2-4H2,1H3. The van der Waals surface area contributed by atoms with Gasteiger partial charge in [0, 0.05) is 19.2 Å². The number of amides is 1. The number of carbonyl (C=O) groups is 1. The molecule has 50 valence electrons. The van der Waals surface area contributed by atoms with E-state index < -0.39 is 0 Å². The van der Waals surface area contributed by atoms with Crippen molar-refractivity contribution in [2.24, 2.45) is 0 Å². The monoisotopic (exact) mass is 143 g/mol. The quantitative estimate of drug-likeness (QED) is 0.505. The topological polar surface area (TPSA) is 20.3 Å². The number of thioether (sulfide) groups is 1. The Morgan fingerprint density at radius 1 is 1.89 bits per heavy atom. The third-order valence-electron chi connectivity index (χ3n) is 1.26. The molecule has 1 fully saturated rings. The normalized spacial score (nSPS) is 18.8. The van der Waals surface area contributed by atoms with Gasteiger partial charge in [-0.25, -0.2) is 0 Å². The van der Waals surface area contributed by atoms with Gasteiger partial charge in [0.15, 0.2) is 0 Å². The van der Waals surface area contributed by atoms with Crippen LogP contribution in [0.5, 0.6) is 0 Å². The van der Waals surface area contributed by atoms with Gasteiger partial charge >= 0.3 is 0 Å². The van der Waals surface area contributed by atoms with Crippen molar-refractivity contribution in [3.05, 3.63) is 11.6 Å². The van der Waals surface area contributed by atoms with E-state index in [-0.39, 0.29) is 5.91 Å². The first-order valence-corrected chi connectivity index (χ1v) is 3.80. The summed E-state index contributed by atoms with van der Waals surface area (Å²) < 4.78 is 0. The first-order chi connectivity index (χ1) is 4.22. The maximum absolute atomic E-state index is 10.7. The van der Waals surface area contributed by atoms with Crippen LogP contribution in [-0.2, 0) is 4.79 Å². The van der Waals surface area contributed by atoms with Gasteiger partial charge in [-0.1, -0.05) is 6.58 Å². The molecular weight excluding hydrogens is 134 g/mol. The molecule has 0 aromatic carbocycles. The second kappa shape index (κ2) is 2.43. The number of nitrogens with zero attached hydrogens (tertiary/aromatic N) is 1. The lowest BCUT2D eigenvalue weighted by molar-refractivity contribution is -0.126. The molecule has 0 aromatic rings. The fourth-order valence-corrected chi connectivity index (χ4v) is 1.68. The van der Waals surface area contributed by atoms with Crippen LogP contribution in [0.1, 0.15) is 6.92 Å². The Hall–Kier alpha value is -0.440. The second-order valence-electron chi connectivity index (χ2n) is 1.91. The molecule has 0 N–H and O–H groups in total. The molecule has 9 heavy (non-hydrogen) atoms. The average Bonchev–Trinajstić information content (AvgIpc) is 2.13. The predicted molar refractivity (Wildman–Crippen MR) is 39.0 cm³/mol. The highest BCUT2D eigenvalue weighted by Crippen LogP contribution is 2.25. The fraction of sp³-hybridized carbons (Fsp3) is 0.500. The molecule has 0 atom stereocenters. The van der Waals surface area contributed by atoms with Crippen LogP contribution in [0, 0.1) is 0 Å². The molecule has 1 aliphatic heterocycles. The molecule has 0 spiro atoms. The van der Waals surface area contributed by atoms with Gasteiger partial charge in [0.1, 0.15) is 0 Å². The maximum atomic E-state index is 10.7. The third-order valence-corrected chi connectivity index (χ3v) is 2.21. The van der Waals surface area contributed by atoms with Crippen LogP contribution in [-0.4, -0.2) is 23.1 Å². The number of carbonyl (C=O) groups excluding carboxylic acids is 1. The highest BCUT2D eigenvalue weighted by molar-refractivity contribution is 8.03. The highest BCUT2D eigenvalue weighted by Gasteiger charge is 2.18. The van der Waals surface area contributed by atoms with E-state index in [2.05, 4.69) is 6.58 Å². The minimum Gasteiger partial charge on any atom is -0.307 e. The van der Waals surface area contributed by atoms with E-state index in [4.69, 9.17) is 0 Å². The lowest BCUT2D eigenvalue weighted by Gasteiger charge is -2.11. The third kappa shape index (κ3) is 1.27. The first kappa shape index (κ1) is 6.68. The Labute approximate surface area is 58.9 Å². The van der Waals surface area contributed by atoms with Crippen LogP contribution in [0.2, 0.25) is 0 Å². The summed E-state index contributed by atoms with van der Waals surface area (Å²) in [6, 6.07) is 0. The smallest absolute Gasteiger partial charge is 0.224 e. The Morgan fingerprint density at radius 3 is 2.78 bits per heavy atom. The van der Waals surface area contributed by atoms with Gasteiger partial charge in [-0.15, -0.1) is 11.8 Å². The SMILES string of the molecule is C=C1SCCN1C(C)=O. The molecular formula is C6H9NOS. The minimum absolute atomic E-state index is 0.102. The molecule has 1 amide bonds. The van der Waals surface area contributed by atoms with E-state index >= 15 is 0 Å². The molecule has 0 aromatic heterocycles. The summed E-state index contributed by atoms with van der Waals surface area (Å²) >= 11 is 1.64. The van der Waals surface area contributed by atoms with Gasteiger partial charge in [0.2, 0.25) is 5.91 Å². The van der Waals surface area contributed by atoms with Crippen LogP contribution < -0.4 is 0 Å². The molecule has 0 radical (unpaired) electrons. The van der Waals surface area contributed by atoms with Crippen molar-refractivity contribution >= 4 is 17.7 Å². The lowest BCUT2D eigenvalue weighted by atomic mass is 10.5. The molecule has 1 heterocycles. The summed E-state index contributed by atoms with van der Waals surface area (Å²) in [5.74, 6) is 1.10. The van der Waals surface area contributed by atoms with Crippen molar-refractivity contribution < 1.29 is 4.79 Å². The van der Waals surface area contributed by atoms with Gasteiger partial charge in [-0.3, -0.25) is 4.79 Å². The Bertz CT molecular complexity index is 155. The van der Waals surface area contributed by atoms with Gasteiger partial charge in [-0.05, 0) is 0 Å². The molecule has 1 aliphatic rings. The van der Waals surface area contributed by atoms with E-state index in [1.807, 2.05) is 0 Å². The van der Waals surface area contributed by atoms with E-state index in [9.17, 15) is 4.79 Å². The van der Waals surface area contributed by atoms with Crippen LogP contribution in [0.4, 0.5) is 0 Å².